The van der Waals surface area contributed by atoms with Crippen LogP contribution in [0.2, 0.25) is 10.0 Å². The van der Waals surface area contributed by atoms with Crippen LogP contribution in [-0.2, 0) is 4.79 Å². The van der Waals surface area contributed by atoms with Gasteiger partial charge in [0.2, 0.25) is 9.63 Å². The summed E-state index contributed by atoms with van der Waals surface area (Å²) in [7, 11) is 1.34. The van der Waals surface area contributed by atoms with Crippen molar-refractivity contribution in [2.45, 2.75) is 9.96 Å². The summed E-state index contributed by atoms with van der Waals surface area (Å²) in [6.07, 6.45) is -1.24. The van der Waals surface area contributed by atoms with Gasteiger partial charge < -0.3 is 5.32 Å². The van der Waals surface area contributed by atoms with E-state index in [1.54, 1.807) is 42.5 Å². The first-order valence-corrected chi connectivity index (χ1v) is 10.0. The summed E-state index contributed by atoms with van der Waals surface area (Å²) in [5.41, 5.74) is 0.828. The third-order valence-electron chi connectivity index (χ3n) is 3.99. The second kappa shape index (κ2) is 8.58. The molecule has 0 radical (unpaired) electrons. The van der Waals surface area contributed by atoms with Gasteiger partial charge in [-0.3, -0.25) is 9.69 Å². The fraction of sp³-hybridized carbons (Fsp3) is 0.167. The van der Waals surface area contributed by atoms with Crippen LogP contribution >= 0.6 is 58.0 Å². The average Bonchev–Trinajstić information content (AvgIpc) is 2.87. The number of amidine groups is 1. The molecule has 6 nitrogen and oxygen atoms in total. The predicted octanol–water partition coefficient (Wildman–Crippen LogP) is 5.60. The first-order chi connectivity index (χ1) is 13.6. The van der Waals surface area contributed by atoms with Gasteiger partial charge in [0.15, 0.2) is 6.17 Å². The van der Waals surface area contributed by atoms with Gasteiger partial charge >= 0.3 is 6.03 Å². The molecule has 11 heteroatoms. The minimum Gasteiger partial charge on any atom is -0.359 e. The number of alkyl halides is 3. The van der Waals surface area contributed by atoms with E-state index in [-0.39, 0.29) is 10.9 Å². The maximum atomic E-state index is 12.7. The number of imide groups is 1. The lowest BCUT2D eigenvalue weighted by atomic mass is 10.3. The number of carbonyl (C=O) groups is 2. The topological polar surface area (TPSA) is 65.0 Å². The van der Waals surface area contributed by atoms with Crippen molar-refractivity contribution in [1.29, 1.82) is 0 Å². The number of hydrogen-bond acceptors (Lipinski definition) is 4. The van der Waals surface area contributed by atoms with Crippen molar-refractivity contribution in [1.82, 2.24) is 4.90 Å². The third-order valence-corrected chi connectivity index (χ3v) is 5.15. The number of likely N-dealkylation sites (N-methyl/N-ethyl adjacent to an activating group) is 1. The van der Waals surface area contributed by atoms with Crippen molar-refractivity contribution in [2.24, 2.45) is 4.99 Å². The molecule has 3 rings (SSSR count). The van der Waals surface area contributed by atoms with Crippen LogP contribution in [0.15, 0.2) is 53.5 Å². The summed E-state index contributed by atoms with van der Waals surface area (Å²) >= 11 is 30.3. The highest BCUT2D eigenvalue weighted by Gasteiger charge is 2.43. The van der Waals surface area contributed by atoms with Crippen molar-refractivity contribution >= 4 is 87.2 Å². The van der Waals surface area contributed by atoms with Gasteiger partial charge in [-0.2, -0.15) is 0 Å². The molecule has 2 aromatic rings. The van der Waals surface area contributed by atoms with Gasteiger partial charge in [-0.15, -0.1) is 0 Å². The van der Waals surface area contributed by atoms with Gasteiger partial charge in [-0.25, -0.2) is 14.7 Å². The minimum absolute atomic E-state index is 0.197. The van der Waals surface area contributed by atoms with E-state index >= 15 is 0 Å². The van der Waals surface area contributed by atoms with Gasteiger partial charge in [-0.1, -0.05) is 76.2 Å². The number of rotatable bonds is 4. The van der Waals surface area contributed by atoms with Crippen LogP contribution in [0.3, 0.4) is 0 Å². The molecule has 1 unspecified atom stereocenters. The van der Waals surface area contributed by atoms with Crippen LogP contribution in [0.5, 0.6) is 0 Å². The largest absolute Gasteiger partial charge is 0.359 e. The van der Waals surface area contributed by atoms with Crippen LogP contribution in [0.25, 0.3) is 0 Å². The number of benzene rings is 2. The number of anilines is 2. The number of halogens is 5. The summed E-state index contributed by atoms with van der Waals surface area (Å²) in [6, 6.07) is 12.6. The molecule has 1 atom stereocenters. The molecular weight excluding hydrogens is 481 g/mol. The molecule has 1 fully saturated rings. The van der Waals surface area contributed by atoms with Gasteiger partial charge in [0, 0.05) is 12.1 Å². The number of para-hydroxylation sites is 1. The fourth-order valence-electron chi connectivity index (χ4n) is 2.56. The summed E-state index contributed by atoms with van der Waals surface area (Å²) in [6.45, 7) is 0. The lowest BCUT2D eigenvalue weighted by molar-refractivity contribution is -0.119. The molecule has 0 aliphatic carbocycles. The summed E-state index contributed by atoms with van der Waals surface area (Å²) in [4.78, 5) is 31.6. The number of nitrogens with one attached hydrogen (secondary N) is 1. The maximum absolute atomic E-state index is 12.7. The number of nitrogens with zero attached hydrogens (tertiary/aromatic N) is 3. The van der Waals surface area contributed by atoms with E-state index in [0.29, 0.717) is 16.4 Å². The van der Waals surface area contributed by atoms with E-state index in [4.69, 9.17) is 58.0 Å². The molecule has 152 valence electrons. The van der Waals surface area contributed by atoms with E-state index in [9.17, 15) is 9.59 Å². The Morgan fingerprint density at radius 3 is 2.28 bits per heavy atom. The lowest BCUT2D eigenvalue weighted by Gasteiger charge is -2.25. The molecule has 29 heavy (non-hydrogen) atoms. The molecule has 1 N–H and O–H groups in total. The fourth-order valence-corrected chi connectivity index (χ4v) is 3.33. The molecule has 0 spiro atoms. The second-order valence-corrected chi connectivity index (χ2v) is 9.20. The molecule has 0 saturated carbocycles. The van der Waals surface area contributed by atoms with Crippen molar-refractivity contribution < 1.29 is 9.59 Å². The lowest BCUT2D eigenvalue weighted by Crippen LogP contribution is -2.38. The van der Waals surface area contributed by atoms with Crippen LogP contribution in [0.1, 0.15) is 0 Å². The Hall–Kier alpha value is -1.70. The monoisotopic (exact) mass is 492 g/mol. The zero-order valence-corrected chi connectivity index (χ0v) is 18.5. The van der Waals surface area contributed by atoms with Gasteiger partial charge in [0.05, 0.1) is 16.4 Å². The second-order valence-electron chi connectivity index (χ2n) is 5.98. The van der Waals surface area contributed by atoms with Crippen molar-refractivity contribution in [3.63, 3.8) is 0 Å². The number of amides is 3. The highest BCUT2D eigenvalue weighted by molar-refractivity contribution is 6.68. The smallest absolute Gasteiger partial charge is 0.337 e. The molecular formula is C18H13Cl5N4O2. The Kier molecular flexibility index (Phi) is 6.51. The van der Waals surface area contributed by atoms with Crippen LogP contribution in [0, 0.1) is 0 Å². The Bertz CT molecular complexity index is 978. The maximum Gasteiger partial charge on any atom is 0.337 e. The Morgan fingerprint density at radius 2 is 1.69 bits per heavy atom. The van der Waals surface area contributed by atoms with E-state index in [0.717, 1.165) is 9.80 Å². The van der Waals surface area contributed by atoms with Crippen LogP contribution in [-0.4, -0.2) is 39.7 Å². The van der Waals surface area contributed by atoms with Crippen LogP contribution in [0.4, 0.5) is 16.2 Å². The predicted molar refractivity (Wildman–Crippen MR) is 119 cm³/mol. The number of aliphatic imine (C=N–C) groups is 1. The molecule has 0 aromatic heterocycles. The van der Waals surface area contributed by atoms with Crippen molar-refractivity contribution in [3.05, 3.63) is 58.6 Å². The van der Waals surface area contributed by atoms with E-state index in [1.165, 1.54) is 13.1 Å². The van der Waals surface area contributed by atoms with Gasteiger partial charge in [0.25, 0.3) is 5.91 Å². The standard InChI is InChI=1S/C18H13Cl5N4O2/c1-26-15(28)14(27(17(26)29)11-5-3-2-4-6-11)25-16(18(21,22)23)24-13-8-7-10(19)9-12(13)20/h2-9,16,24H,1H3. The minimum atomic E-state index is -1.97. The number of carbonyl (C=O) groups excluding carboxylic acids is 2. The molecule has 1 aliphatic heterocycles. The third kappa shape index (κ3) is 4.73. The highest BCUT2D eigenvalue weighted by Crippen LogP contribution is 2.36. The van der Waals surface area contributed by atoms with Crippen LogP contribution < -0.4 is 10.2 Å². The zero-order chi connectivity index (χ0) is 21.3. The zero-order valence-electron chi connectivity index (χ0n) is 14.7. The molecule has 2 aromatic carbocycles. The molecule has 1 heterocycles. The van der Waals surface area contributed by atoms with E-state index in [2.05, 4.69) is 10.3 Å². The molecule has 1 saturated heterocycles. The molecule has 0 bridgehead atoms. The van der Waals surface area contributed by atoms with Crippen molar-refractivity contribution in [3.8, 4) is 0 Å². The first-order valence-electron chi connectivity index (χ1n) is 8.13. The Balaban J connectivity index is 2.05. The molecule has 1 aliphatic rings. The average molecular weight is 495 g/mol. The number of hydrogen-bond donors (Lipinski definition) is 1. The van der Waals surface area contributed by atoms with E-state index in [1.807, 2.05) is 0 Å². The van der Waals surface area contributed by atoms with Crippen molar-refractivity contribution in [2.75, 3.05) is 17.3 Å². The normalized spacial score (nSPS) is 17.2. The SMILES string of the molecule is CN1C(=O)C(=NC(Nc2ccc(Cl)cc2Cl)C(Cl)(Cl)Cl)N(c2ccccc2)C1=O. The first kappa shape index (κ1) is 22.0. The van der Waals surface area contributed by atoms with Gasteiger partial charge in [-0.05, 0) is 30.3 Å². The highest BCUT2D eigenvalue weighted by atomic mass is 35.6. The quantitative estimate of drug-likeness (QED) is 0.445. The summed E-state index contributed by atoms with van der Waals surface area (Å²) < 4.78 is -1.97. The van der Waals surface area contributed by atoms with E-state index < -0.39 is 21.9 Å². The van der Waals surface area contributed by atoms with Gasteiger partial charge in [0.1, 0.15) is 0 Å². The molecule has 3 amide bonds. The Labute approximate surface area is 191 Å². The number of urea groups is 1. The Morgan fingerprint density at radius 1 is 1.03 bits per heavy atom. The summed E-state index contributed by atoms with van der Waals surface area (Å²) in [5, 5.41) is 3.57. The summed E-state index contributed by atoms with van der Waals surface area (Å²) in [5.74, 6) is -0.834.